The number of hydrogen-bond donors (Lipinski definition) is 0. The predicted molar refractivity (Wildman–Crippen MR) is 145 cm³/mol. The van der Waals surface area contributed by atoms with Crippen molar-refractivity contribution in [3.63, 3.8) is 0 Å². The van der Waals surface area contributed by atoms with E-state index in [0.29, 0.717) is 42.8 Å². The maximum Gasteiger partial charge on any atom is 0.313 e. The van der Waals surface area contributed by atoms with Gasteiger partial charge in [-0.2, -0.15) is 9.78 Å². The average Bonchev–Trinajstić information content (AvgIpc) is 2.96. The molecule has 5 rings (SSSR count). The van der Waals surface area contributed by atoms with Gasteiger partial charge in [-0.3, -0.25) is 19.7 Å². The lowest BCUT2D eigenvalue weighted by Crippen LogP contribution is -2.43. The van der Waals surface area contributed by atoms with E-state index in [1.165, 1.54) is 12.3 Å². The average molecular weight is 548 g/mol. The summed E-state index contributed by atoms with van der Waals surface area (Å²) < 4.78 is 12.1. The summed E-state index contributed by atoms with van der Waals surface area (Å²) in [6.07, 6.45) is 1.23. The Labute approximate surface area is 227 Å². The van der Waals surface area contributed by atoms with Gasteiger partial charge in [0.1, 0.15) is 0 Å². The molecular weight excluding hydrogens is 526 g/mol. The van der Waals surface area contributed by atoms with Crippen LogP contribution in [0.1, 0.15) is 5.56 Å². The molecule has 12 heteroatoms. The molecule has 0 bridgehead atoms. The quantitative estimate of drug-likeness (QED) is 0.196. The molecule has 2 heterocycles. The first-order valence-corrected chi connectivity index (χ1v) is 12.4. The second kappa shape index (κ2) is 11.4. The van der Waals surface area contributed by atoms with Crippen LogP contribution in [-0.2, 0) is 9.53 Å². The molecule has 0 saturated carbocycles. The van der Waals surface area contributed by atoms with Crippen molar-refractivity contribution in [2.24, 2.45) is 5.10 Å². The van der Waals surface area contributed by atoms with Crippen molar-refractivity contribution in [1.82, 2.24) is 14.6 Å². The number of nitro benzene ring substituents is 1. The number of nitrogens with zero attached hydrogens (tertiary/aromatic N) is 5. The molecule has 0 N–H and O–H groups in total. The van der Waals surface area contributed by atoms with E-state index in [0.717, 1.165) is 10.7 Å². The highest BCUT2D eigenvalue weighted by Crippen LogP contribution is 2.34. The van der Waals surface area contributed by atoms with Crippen molar-refractivity contribution >= 4 is 40.3 Å². The van der Waals surface area contributed by atoms with Gasteiger partial charge in [0.05, 0.1) is 35.3 Å². The lowest BCUT2D eigenvalue weighted by Gasteiger charge is -2.26. The molecule has 0 unspecified atom stereocenters. The monoisotopic (exact) mass is 547 g/mol. The van der Waals surface area contributed by atoms with Crippen molar-refractivity contribution < 1.29 is 19.2 Å². The zero-order valence-corrected chi connectivity index (χ0v) is 21.3. The number of amides is 1. The van der Waals surface area contributed by atoms with Crippen LogP contribution in [0.25, 0.3) is 22.3 Å². The molecule has 39 heavy (non-hydrogen) atoms. The first kappa shape index (κ1) is 26.0. The summed E-state index contributed by atoms with van der Waals surface area (Å²) in [5.74, 6) is -0.262. The van der Waals surface area contributed by atoms with Crippen LogP contribution in [-0.4, -0.2) is 64.5 Å². The highest BCUT2D eigenvalue weighted by molar-refractivity contribution is 6.31. The van der Waals surface area contributed by atoms with E-state index in [1.54, 1.807) is 41.3 Å². The Hall–Kier alpha value is -4.61. The van der Waals surface area contributed by atoms with Gasteiger partial charge in [0.15, 0.2) is 12.4 Å². The lowest BCUT2D eigenvalue weighted by molar-refractivity contribution is -0.385. The first-order chi connectivity index (χ1) is 18.9. The number of para-hydroxylation sites is 1. The largest absolute Gasteiger partial charge is 0.476 e. The van der Waals surface area contributed by atoms with Gasteiger partial charge in [0.25, 0.3) is 11.5 Å². The molecule has 11 nitrogen and oxygen atoms in total. The van der Waals surface area contributed by atoms with Gasteiger partial charge in [-0.25, -0.2) is 4.98 Å². The molecule has 198 valence electrons. The topological polar surface area (TPSA) is 129 Å². The molecule has 0 aliphatic carbocycles. The SMILES string of the molecule is O=C(COc1c(C=Nn2c(-c3ccccc3)nc3ccccc3c2=O)cc(Cl)cc1[N+](=O)[O-])N1CCOCC1. The maximum atomic E-state index is 13.4. The molecule has 1 amide bonds. The summed E-state index contributed by atoms with van der Waals surface area (Å²) in [5, 5.41) is 16.6. The number of carbonyl (C=O) groups is 1. The van der Waals surface area contributed by atoms with Gasteiger partial charge in [0.2, 0.25) is 5.75 Å². The third-order valence-corrected chi connectivity index (χ3v) is 6.28. The number of ether oxygens (including phenoxy) is 2. The van der Waals surface area contributed by atoms with E-state index < -0.39 is 22.8 Å². The van der Waals surface area contributed by atoms with Gasteiger partial charge >= 0.3 is 5.69 Å². The fourth-order valence-corrected chi connectivity index (χ4v) is 4.37. The van der Waals surface area contributed by atoms with Gasteiger partial charge < -0.3 is 14.4 Å². The summed E-state index contributed by atoms with van der Waals surface area (Å²) in [4.78, 5) is 43.5. The second-order valence-electron chi connectivity index (χ2n) is 8.56. The summed E-state index contributed by atoms with van der Waals surface area (Å²) in [7, 11) is 0. The number of morpholine rings is 1. The van der Waals surface area contributed by atoms with E-state index in [9.17, 15) is 19.7 Å². The molecular formula is C27H22ClN5O6. The molecule has 3 aromatic carbocycles. The number of halogens is 1. The number of aromatic nitrogens is 2. The van der Waals surface area contributed by atoms with E-state index in [2.05, 4.69) is 10.1 Å². The standard InChI is InChI=1S/C27H22ClN5O6/c28-20-14-19(25(23(15-20)33(36)37)39-17-24(34)31-10-12-38-13-11-31)16-29-32-26(18-6-2-1-3-7-18)30-22-9-5-4-8-21(22)27(32)35/h1-9,14-16H,10-13,17H2. The first-order valence-electron chi connectivity index (χ1n) is 12.0. The van der Waals surface area contributed by atoms with Crippen LogP contribution >= 0.6 is 11.6 Å². The molecule has 4 aromatic rings. The maximum absolute atomic E-state index is 13.4. The van der Waals surface area contributed by atoms with Crippen LogP contribution in [0.15, 0.2) is 76.6 Å². The second-order valence-corrected chi connectivity index (χ2v) is 9.00. The van der Waals surface area contributed by atoms with Gasteiger partial charge in [-0.1, -0.05) is 54.1 Å². The van der Waals surface area contributed by atoms with Crippen LogP contribution in [0, 0.1) is 10.1 Å². The Bertz CT molecular complexity index is 1630. The van der Waals surface area contributed by atoms with Crippen LogP contribution in [0.2, 0.25) is 5.02 Å². The molecule has 0 atom stereocenters. The Balaban J connectivity index is 1.58. The third-order valence-electron chi connectivity index (χ3n) is 6.06. The van der Waals surface area contributed by atoms with Gasteiger partial charge in [-0.05, 0) is 18.2 Å². The Kier molecular flexibility index (Phi) is 7.62. The number of fused-ring (bicyclic) bond motifs is 1. The predicted octanol–water partition coefficient (Wildman–Crippen LogP) is 3.74. The summed E-state index contributed by atoms with van der Waals surface area (Å²) in [6, 6.07) is 18.5. The van der Waals surface area contributed by atoms with Crippen LogP contribution < -0.4 is 10.3 Å². The van der Waals surface area contributed by atoms with E-state index in [-0.39, 0.29) is 28.1 Å². The van der Waals surface area contributed by atoms with Crippen molar-refractivity contribution in [2.45, 2.75) is 0 Å². The smallest absolute Gasteiger partial charge is 0.313 e. The van der Waals surface area contributed by atoms with Crippen LogP contribution in [0.3, 0.4) is 0 Å². The Morgan fingerprint density at radius 1 is 1.13 bits per heavy atom. The normalized spacial score (nSPS) is 13.6. The van der Waals surface area contributed by atoms with Gasteiger partial charge in [0, 0.05) is 35.3 Å². The van der Waals surface area contributed by atoms with Crippen molar-refractivity contribution in [3.8, 4) is 17.1 Å². The van der Waals surface area contributed by atoms with E-state index in [1.807, 2.05) is 18.2 Å². The highest BCUT2D eigenvalue weighted by Gasteiger charge is 2.24. The summed E-state index contributed by atoms with van der Waals surface area (Å²) in [6.45, 7) is 1.18. The zero-order valence-electron chi connectivity index (χ0n) is 20.5. The van der Waals surface area contributed by atoms with Crippen molar-refractivity contribution in [3.05, 3.63) is 97.8 Å². The fourth-order valence-electron chi connectivity index (χ4n) is 4.15. The fraction of sp³-hybridized carbons (Fsp3) is 0.185. The minimum atomic E-state index is -0.656. The molecule has 1 aromatic heterocycles. The molecule has 1 fully saturated rings. The summed E-state index contributed by atoms with van der Waals surface area (Å²) >= 11 is 6.18. The van der Waals surface area contributed by atoms with Crippen molar-refractivity contribution in [1.29, 1.82) is 0 Å². The number of carbonyl (C=O) groups excluding carboxylic acids is 1. The Morgan fingerprint density at radius 3 is 2.59 bits per heavy atom. The molecule has 1 saturated heterocycles. The van der Waals surface area contributed by atoms with Gasteiger partial charge in [-0.15, -0.1) is 0 Å². The number of hydrogen-bond acceptors (Lipinski definition) is 8. The minimum Gasteiger partial charge on any atom is -0.476 e. The van der Waals surface area contributed by atoms with E-state index in [4.69, 9.17) is 21.1 Å². The van der Waals surface area contributed by atoms with Crippen molar-refractivity contribution in [2.75, 3.05) is 32.9 Å². The molecule has 0 radical (unpaired) electrons. The number of nitro groups is 1. The number of rotatable bonds is 7. The molecule has 1 aliphatic heterocycles. The minimum absolute atomic E-state index is 0.0577. The highest BCUT2D eigenvalue weighted by atomic mass is 35.5. The van der Waals surface area contributed by atoms with Crippen LogP contribution in [0.4, 0.5) is 5.69 Å². The Morgan fingerprint density at radius 2 is 1.85 bits per heavy atom. The van der Waals surface area contributed by atoms with Crippen LogP contribution in [0.5, 0.6) is 5.75 Å². The number of benzene rings is 3. The summed E-state index contributed by atoms with van der Waals surface area (Å²) in [5.41, 5.74) is 0.380. The lowest BCUT2D eigenvalue weighted by atomic mass is 10.2. The molecule has 1 aliphatic rings. The zero-order chi connectivity index (χ0) is 27.4. The third kappa shape index (κ3) is 5.64. The van der Waals surface area contributed by atoms with E-state index >= 15 is 0 Å². The molecule has 0 spiro atoms.